The molecule has 0 fully saturated rings. The van der Waals surface area contributed by atoms with Crippen molar-refractivity contribution in [2.45, 2.75) is 29.2 Å². The number of pyridine rings is 1. The number of anilines is 1. The standard InChI is InChI=1S/C26H27N3O4S/c1-32-21-12-11-18(17-22(21)33-2)13-15-27-24(30)10-6-16-29-20-8-3-4-9-23(20)34-25-19(26(29)31)7-5-14-28-25/h3-5,7-9,11-12,14,17H,6,10,13,15-16H2,1-2H3,(H,27,30). The second-order valence-electron chi connectivity index (χ2n) is 7.78. The number of ether oxygens (including phenoxy) is 2. The van der Waals surface area contributed by atoms with Crippen LogP contribution in [0, 0.1) is 0 Å². The first-order chi connectivity index (χ1) is 16.6. The fraction of sp³-hybridized carbons (Fsp3) is 0.269. The molecule has 2 amide bonds. The number of carbonyl (C=O) groups excluding carboxylic acids is 2. The van der Waals surface area contributed by atoms with Gasteiger partial charge in [-0.15, -0.1) is 0 Å². The number of rotatable bonds is 9. The number of carbonyl (C=O) groups is 2. The van der Waals surface area contributed by atoms with Gasteiger partial charge in [0, 0.05) is 30.6 Å². The van der Waals surface area contributed by atoms with E-state index in [9.17, 15) is 9.59 Å². The van der Waals surface area contributed by atoms with Gasteiger partial charge in [-0.05, 0) is 54.8 Å². The average molecular weight is 478 g/mol. The quantitative estimate of drug-likeness (QED) is 0.494. The van der Waals surface area contributed by atoms with Crippen molar-refractivity contribution >= 4 is 29.3 Å². The summed E-state index contributed by atoms with van der Waals surface area (Å²) in [5.41, 5.74) is 2.49. The third-order valence-corrected chi connectivity index (χ3v) is 6.66. The maximum atomic E-state index is 13.3. The summed E-state index contributed by atoms with van der Waals surface area (Å²) in [5, 5.41) is 3.67. The molecule has 7 nitrogen and oxygen atoms in total. The van der Waals surface area contributed by atoms with Crippen molar-refractivity contribution < 1.29 is 19.1 Å². The van der Waals surface area contributed by atoms with E-state index in [1.807, 2.05) is 42.5 Å². The van der Waals surface area contributed by atoms with E-state index in [2.05, 4.69) is 10.3 Å². The zero-order valence-corrected chi connectivity index (χ0v) is 20.1. The van der Waals surface area contributed by atoms with Crippen LogP contribution in [0.3, 0.4) is 0 Å². The van der Waals surface area contributed by atoms with Gasteiger partial charge in [0.2, 0.25) is 5.91 Å². The van der Waals surface area contributed by atoms with Gasteiger partial charge < -0.3 is 19.7 Å². The van der Waals surface area contributed by atoms with Crippen LogP contribution < -0.4 is 19.7 Å². The molecular formula is C26H27N3O4S. The Hall–Kier alpha value is -3.52. The molecule has 4 rings (SSSR count). The molecule has 2 heterocycles. The number of fused-ring (bicyclic) bond motifs is 2. The molecule has 1 N–H and O–H groups in total. The zero-order chi connectivity index (χ0) is 23.9. The molecule has 0 radical (unpaired) electrons. The van der Waals surface area contributed by atoms with E-state index < -0.39 is 0 Å². The number of nitrogens with one attached hydrogen (secondary N) is 1. The minimum Gasteiger partial charge on any atom is -0.493 e. The number of nitrogens with zero attached hydrogens (tertiary/aromatic N) is 2. The number of benzene rings is 2. The van der Waals surface area contributed by atoms with E-state index in [1.54, 1.807) is 37.4 Å². The number of hydrogen-bond donors (Lipinski definition) is 1. The van der Waals surface area contributed by atoms with Gasteiger partial charge in [0.1, 0.15) is 5.03 Å². The summed E-state index contributed by atoms with van der Waals surface area (Å²) in [6, 6.07) is 17.1. The molecule has 0 aliphatic carbocycles. The predicted molar refractivity (Wildman–Crippen MR) is 132 cm³/mol. The average Bonchev–Trinajstić information content (AvgIpc) is 2.98. The summed E-state index contributed by atoms with van der Waals surface area (Å²) >= 11 is 1.49. The van der Waals surface area contributed by atoms with Gasteiger partial charge in [0.25, 0.3) is 5.91 Å². The third-order valence-electron chi connectivity index (χ3n) is 5.58. The first kappa shape index (κ1) is 23.6. The lowest BCUT2D eigenvalue weighted by molar-refractivity contribution is -0.121. The molecule has 0 unspecified atom stereocenters. The largest absolute Gasteiger partial charge is 0.493 e. The summed E-state index contributed by atoms with van der Waals surface area (Å²) in [7, 11) is 3.20. The maximum absolute atomic E-state index is 13.3. The van der Waals surface area contributed by atoms with Gasteiger partial charge in [-0.2, -0.15) is 0 Å². The van der Waals surface area contributed by atoms with E-state index in [4.69, 9.17) is 9.47 Å². The fourth-order valence-electron chi connectivity index (χ4n) is 3.85. The molecule has 0 saturated heterocycles. The molecule has 34 heavy (non-hydrogen) atoms. The molecule has 1 aliphatic heterocycles. The molecule has 0 bridgehead atoms. The predicted octanol–water partition coefficient (Wildman–Crippen LogP) is 4.35. The molecule has 8 heteroatoms. The van der Waals surface area contributed by atoms with Crippen LogP contribution in [0.15, 0.2) is 70.7 Å². The van der Waals surface area contributed by atoms with Gasteiger partial charge in [-0.1, -0.05) is 30.0 Å². The van der Waals surface area contributed by atoms with E-state index >= 15 is 0 Å². The summed E-state index contributed by atoms with van der Waals surface area (Å²) in [5.74, 6) is 1.22. The molecule has 2 aromatic carbocycles. The summed E-state index contributed by atoms with van der Waals surface area (Å²) < 4.78 is 10.6. The molecule has 0 atom stereocenters. The Morgan fingerprint density at radius 2 is 1.88 bits per heavy atom. The topological polar surface area (TPSA) is 80.8 Å². The monoisotopic (exact) mass is 477 g/mol. The lowest BCUT2D eigenvalue weighted by atomic mass is 10.1. The van der Waals surface area contributed by atoms with Gasteiger partial charge in [0.05, 0.1) is 25.5 Å². The lowest BCUT2D eigenvalue weighted by Gasteiger charge is -2.22. The molecule has 3 aromatic rings. The third kappa shape index (κ3) is 5.34. The molecule has 1 aliphatic rings. The fourth-order valence-corrected chi connectivity index (χ4v) is 4.87. The van der Waals surface area contributed by atoms with Crippen molar-refractivity contribution in [1.82, 2.24) is 10.3 Å². The molecule has 0 spiro atoms. The first-order valence-electron chi connectivity index (χ1n) is 11.1. The highest BCUT2D eigenvalue weighted by Gasteiger charge is 2.27. The van der Waals surface area contributed by atoms with E-state index in [-0.39, 0.29) is 11.8 Å². The second kappa shape index (κ2) is 11.1. The van der Waals surface area contributed by atoms with Crippen molar-refractivity contribution in [3.05, 3.63) is 71.9 Å². The Bertz CT molecular complexity index is 1180. The van der Waals surface area contributed by atoms with Crippen LogP contribution in [0.25, 0.3) is 0 Å². The Balaban J connectivity index is 1.32. The zero-order valence-electron chi connectivity index (χ0n) is 19.2. The van der Waals surface area contributed by atoms with Crippen molar-refractivity contribution in [3.63, 3.8) is 0 Å². The normalized spacial score (nSPS) is 12.4. The highest BCUT2D eigenvalue weighted by Crippen LogP contribution is 2.40. The minimum absolute atomic E-state index is 0.0347. The van der Waals surface area contributed by atoms with Gasteiger partial charge in [-0.3, -0.25) is 9.59 Å². The van der Waals surface area contributed by atoms with Crippen LogP contribution >= 0.6 is 11.8 Å². The molecule has 0 saturated carbocycles. The minimum atomic E-state index is -0.0885. The van der Waals surface area contributed by atoms with Crippen LogP contribution in [-0.2, 0) is 11.2 Å². The highest BCUT2D eigenvalue weighted by molar-refractivity contribution is 7.99. The smallest absolute Gasteiger partial charge is 0.261 e. The highest BCUT2D eigenvalue weighted by atomic mass is 32.2. The van der Waals surface area contributed by atoms with Gasteiger partial charge >= 0.3 is 0 Å². The van der Waals surface area contributed by atoms with E-state index in [0.29, 0.717) is 54.4 Å². The second-order valence-corrected chi connectivity index (χ2v) is 8.81. The van der Waals surface area contributed by atoms with Gasteiger partial charge in [0.15, 0.2) is 11.5 Å². The summed E-state index contributed by atoms with van der Waals surface area (Å²) in [4.78, 5) is 32.8. The Morgan fingerprint density at radius 1 is 1.06 bits per heavy atom. The number of methoxy groups -OCH3 is 2. The van der Waals surface area contributed by atoms with Crippen LogP contribution in [0.4, 0.5) is 5.69 Å². The SMILES string of the molecule is COc1ccc(CCNC(=O)CCCN2C(=O)c3cccnc3Sc3ccccc32)cc1OC. The Labute approximate surface area is 203 Å². The first-order valence-corrected chi connectivity index (χ1v) is 11.9. The Morgan fingerprint density at radius 3 is 2.71 bits per heavy atom. The van der Waals surface area contributed by atoms with Crippen LogP contribution in [-0.4, -0.2) is 44.1 Å². The van der Waals surface area contributed by atoms with Crippen molar-refractivity contribution in [2.75, 3.05) is 32.2 Å². The number of aromatic nitrogens is 1. The van der Waals surface area contributed by atoms with Crippen LogP contribution in [0.5, 0.6) is 11.5 Å². The summed E-state index contributed by atoms with van der Waals surface area (Å²) in [6.07, 6.45) is 3.28. The number of para-hydroxylation sites is 1. The van der Waals surface area contributed by atoms with E-state index in [1.165, 1.54) is 11.8 Å². The van der Waals surface area contributed by atoms with Gasteiger partial charge in [-0.25, -0.2) is 4.98 Å². The number of amides is 2. The Kier molecular flexibility index (Phi) is 7.69. The number of hydrogen-bond acceptors (Lipinski definition) is 6. The molecule has 1 aromatic heterocycles. The summed E-state index contributed by atoms with van der Waals surface area (Å²) in [6.45, 7) is 0.976. The maximum Gasteiger partial charge on any atom is 0.261 e. The molecule has 176 valence electrons. The van der Waals surface area contributed by atoms with E-state index in [0.717, 1.165) is 16.1 Å². The van der Waals surface area contributed by atoms with Crippen LogP contribution in [0.1, 0.15) is 28.8 Å². The molecular weight excluding hydrogens is 450 g/mol. The van der Waals surface area contributed by atoms with Crippen LogP contribution in [0.2, 0.25) is 0 Å². The van der Waals surface area contributed by atoms with Crippen molar-refractivity contribution in [1.29, 1.82) is 0 Å². The van der Waals surface area contributed by atoms with Crippen molar-refractivity contribution in [3.8, 4) is 11.5 Å². The lowest BCUT2D eigenvalue weighted by Crippen LogP contribution is -2.33. The van der Waals surface area contributed by atoms with Crippen molar-refractivity contribution in [2.24, 2.45) is 0 Å².